The Morgan fingerprint density at radius 3 is 2.50 bits per heavy atom. The summed E-state index contributed by atoms with van der Waals surface area (Å²) >= 11 is 0. The van der Waals surface area contributed by atoms with Crippen molar-refractivity contribution in [2.75, 3.05) is 0 Å². The normalized spacial score (nSPS) is 10.8. The Morgan fingerprint density at radius 1 is 1.00 bits per heavy atom. The Labute approximate surface area is 111 Å². The van der Waals surface area contributed by atoms with Gasteiger partial charge in [-0.2, -0.15) is 0 Å². The Morgan fingerprint density at radius 2 is 1.75 bits per heavy atom. The smallest absolute Gasteiger partial charge is 0.337 e. The molecule has 1 aromatic carbocycles. The van der Waals surface area contributed by atoms with Crippen LogP contribution < -0.4 is 16.9 Å². The van der Waals surface area contributed by atoms with Crippen LogP contribution in [0, 0.1) is 0 Å². The zero-order valence-corrected chi connectivity index (χ0v) is 10.3. The van der Waals surface area contributed by atoms with Crippen LogP contribution in [0.2, 0.25) is 0 Å². The third kappa shape index (κ3) is 2.18. The molecule has 0 amide bonds. The number of rotatable bonds is 2. The number of aromatic nitrogens is 2. The van der Waals surface area contributed by atoms with Crippen LogP contribution in [0.4, 0.5) is 0 Å². The predicted octanol–water partition coefficient (Wildman–Crippen LogP) is 0.760. The van der Waals surface area contributed by atoms with E-state index in [0.717, 1.165) is 5.56 Å². The molecule has 3 rings (SSSR count). The van der Waals surface area contributed by atoms with E-state index in [1.54, 1.807) is 0 Å². The van der Waals surface area contributed by atoms with E-state index >= 15 is 0 Å². The van der Waals surface area contributed by atoms with E-state index in [4.69, 9.17) is 4.42 Å². The zero-order valence-electron chi connectivity index (χ0n) is 10.3. The van der Waals surface area contributed by atoms with Gasteiger partial charge in [0.1, 0.15) is 5.39 Å². The molecule has 0 spiro atoms. The maximum atomic E-state index is 11.9. The van der Waals surface area contributed by atoms with Gasteiger partial charge in [-0.1, -0.05) is 30.3 Å². The molecule has 0 unspecified atom stereocenters. The van der Waals surface area contributed by atoms with Crippen molar-refractivity contribution in [3.8, 4) is 0 Å². The first-order valence-corrected chi connectivity index (χ1v) is 5.97. The lowest BCUT2D eigenvalue weighted by molar-refractivity contribution is 0.545. The van der Waals surface area contributed by atoms with E-state index in [0.29, 0.717) is 12.0 Å². The van der Waals surface area contributed by atoms with Gasteiger partial charge in [0.15, 0.2) is 0 Å². The standard InChI is InChI=1S/C14H10N2O4/c17-10-7-9(6-8-4-2-1-3-5-8)11-12(18)15-14(19)16-13(11)20-10/h1-5,7H,6H2,(H2,15,16,18,19). The van der Waals surface area contributed by atoms with Crippen LogP contribution in [-0.4, -0.2) is 9.97 Å². The summed E-state index contributed by atoms with van der Waals surface area (Å²) in [6.45, 7) is 0. The number of hydrogen-bond acceptors (Lipinski definition) is 4. The van der Waals surface area contributed by atoms with E-state index < -0.39 is 16.9 Å². The fourth-order valence-corrected chi connectivity index (χ4v) is 2.13. The quantitative estimate of drug-likeness (QED) is 0.718. The fraction of sp³-hybridized carbons (Fsp3) is 0.0714. The van der Waals surface area contributed by atoms with Crippen molar-refractivity contribution in [1.29, 1.82) is 0 Å². The highest BCUT2D eigenvalue weighted by Gasteiger charge is 2.11. The summed E-state index contributed by atoms with van der Waals surface area (Å²) in [5.41, 5.74) is -0.521. The van der Waals surface area contributed by atoms with Crippen molar-refractivity contribution in [2.45, 2.75) is 6.42 Å². The van der Waals surface area contributed by atoms with Crippen molar-refractivity contribution < 1.29 is 4.42 Å². The topological polar surface area (TPSA) is 95.9 Å². The van der Waals surface area contributed by atoms with Gasteiger partial charge < -0.3 is 4.42 Å². The lowest BCUT2D eigenvalue weighted by Gasteiger charge is -2.04. The molecule has 0 aliphatic heterocycles. The molecule has 100 valence electrons. The average Bonchev–Trinajstić information content (AvgIpc) is 2.38. The lowest BCUT2D eigenvalue weighted by atomic mass is 10.0. The second-order valence-electron chi connectivity index (χ2n) is 4.37. The van der Waals surface area contributed by atoms with Crippen LogP contribution in [0.15, 0.2) is 55.2 Å². The first kappa shape index (κ1) is 12.2. The third-order valence-corrected chi connectivity index (χ3v) is 2.96. The summed E-state index contributed by atoms with van der Waals surface area (Å²) in [5, 5.41) is 0.188. The highest BCUT2D eigenvalue weighted by molar-refractivity contribution is 5.75. The predicted molar refractivity (Wildman–Crippen MR) is 73.0 cm³/mol. The van der Waals surface area contributed by atoms with Gasteiger partial charge in [0.05, 0.1) is 0 Å². The van der Waals surface area contributed by atoms with E-state index in [-0.39, 0.29) is 11.1 Å². The van der Waals surface area contributed by atoms with E-state index in [1.807, 2.05) is 30.3 Å². The Bertz CT molecular complexity index is 930. The number of H-pyrrole nitrogens is 2. The van der Waals surface area contributed by atoms with Crippen LogP contribution in [-0.2, 0) is 6.42 Å². The highest BCUT2D eigenvalue weighted by atomic mass is 16.4. The van der Waals surface area contributed by atoms with Gasteiger partial charge in [-0.05, 0) is 17.5 Å². The van der Waals surface area contributed by atoms with Gasteiger partial charge >= 0.3 is 11.3 Å². The molecule has 2 N–H and O–H groups in total. The van der Waals surface area contributed by atoms with Crippen molar-refractivity contribution in [2.24, 2.45) is 0 Å². The maximum absolute atomic E-state index is 11.9. The third-order valence-electron chi connectivity index (χ3n) is 2.96. The summed E-state index contributed by atoms with van der Waals surface area (Å²) < 4.78 is 4.87. The van der Waals surface area contributed by atoms with Crippen LogP contribution >= 0.6 is 0 Å². The average molecular weight is 270 g/mol. The summed E-state index contributed by atoms with van der Waals surface area (Å²) in [5.74, 6) is 0. The summed E-state index contributed by atoms with van der Waals surface area (Å²) in [6, 6.07) is 10.7. The van der Waals surface area contributed by atoms with Gasteiger partial charge in [0.2, 0.25) is 5.71 Å². The molecule has 20 heavy (non-hydrogen) atoms. The molecule has 3 aromatic rings. The molecule has 0 aliphatic carbocycles. The fourth-order valence-electron chi connectivity index (χ4n) is 2.13. The molecule has 0 fully saturated rings. The van der Waals surface area contributed by atoms with Crippen LogP contribution in [0.1, 0.15) is 11.1 Å². The first-order valence-electron chi connectivity index (χ1n) is 5.97. The molecular weight excluding hydrogens is 260 g/mol. The minimum Gasteiger partial charge on any atom is -0.405 e. The largest absolute Gasteiger partial charge is 0.405 e. The van der Waals surface area contributed by atoms with Crippen LogP contribution in [0.5, 0.6) is 0 Å². The van der Waals surface area contributed by atoms with Crippen LogP contribution in [0.3, 0.4) is 0 Å². The number of fused-ring (bicyclic) bond motifs is 1. The molecule has 2 aromatic heterocycles. The summed E-state index contributed by atoms with van der Waals surface area (Å²) in [4.78, 5) is 39.1. The molecule has 2 heterocycles. The van der Waals surface area contributed by atoms with E-state index in [2.05, 4.69) is 9.97 Å². The summed E-state index contributed by atoms with van der Waals surface area (Å²) in [6.07, 6.45) is 0.401. The van der Waals surface area contributed by atoms with Gasteiger partial charge in [-0.3, -0.25) is 14.8 Å². The van der Waals surface area contributed by atoms with Crippen molar-refractivity contribution in [3.05, 3.63) is 78.8 Å². The SMILES string of the molecule is O=c1[nH]c(=O)c2c(Cc3ccccc3)cc(=O)oc2[nH]1. The maximum Gasteiger partial charge on any atom is 0.337 e. The molecule has 0 saturated heterocycles. The minimum absolute atomic E-state index is 0.0998. The molecular formula is C14H10N2O4. The second-order valence-corrected chi connectivity index (χ2v) is 4.37. The Kier molecular flexibility index (Phi) is 2.83. The number of nitrogens with one attached hydrogen (secondary N) is 2. The zero-order chi connectivity index (χ0) is 14.1. The molecule has 0 saturated carbocycles. The number of benzene rings is 1. The number of aromatic amines is 2. The number of hydrogen-bond donors (Lipinski definition) is 2. The molecule has 6 nitrogen and oxygen atoms in total. The second kappa shape index (κ2) is 4.65. The molecule has 0 radical (unpaired) electrons. The van der Waals surface area contributed by atoms with Crippen molar-refractivity contribution in [3.63, 3.8) is 0 Å². The molecule has 0 aliphatic rings. The van der Waals surface area contributed by atoms with Crippen molar-refractivity contribution >= 4 is 11.1 Å². The first-order chi connectivity index (χ1) is 9.63. The molecule has 0 atom stereocenters. The molecule has 6 heteroatoms. The van der Waals surface area contributed by atoms with Gasteiger partial charge in [-0.15, -0.1) is 0 Å². The van der Waals surface area contributed by atoms with Crippen LogP contribution in [0.25, 0.3) is 11.1 Å². The van der Waals surface area contributed by atoms with E-state index in [1.165, 1.54) is 6.07 Å². The van der Waals surface area contributed by atoms with Crippen molar-refractivity contribution in [1.82, 2.24) is 9.97 Å². The van der Waals surface area contributed by atoms with Gasteiger partial charge in [0.25, 0.3) is 5.56 Å². The minimum atomic E-state index is -0.706. The van der Waals surface area contributed by atoms with E-state index in [9.17, 15) is 14.4 Å². The summed E-state index contributed by atoms with van der Waals surface area (Å²) in [7, 11) is 0. The molecule has 0 bridgehead atoms. The monoisotopic (exact) mass is 270 g/mol. The highest BCUT2D eigenvalue weighted by Crippen LogP contribution is 2.14. The Balaban J connectivity index is 2.27. The lowest BCUT2D eigenvalue weighted by Crippen LogP contribution is -2.24. The van der Waals surface area contributed by atoms with Gasteiger partial charge in [-0.25, -0.2) is 9.59 Å². The Hall–Kier alpha value is -2.89. The van der Waals surface area contributed by atoms with Gasteiger partial charge in [0, 0.05) is 6.07 Å².